The van der Waals surface area contributed by atoms with Gasteiger partial charge in [-0.25, -0.2) is 0 Å². The molecule has 0 radical (unpaired) electrons. The fourth-order valence-electron chi connectivity index (χ4n) is 2.75. The van der Waals surface area contributed by atoms with Gasteiger partial charge in [0.25, 0.3) is 0 Å². The van der Waals surface area contributed by atoms with Crippen LogP contribution < -0.4 is 0 Å². The molecule has 0 saturated carbocycles. The Morgan fingerprint density at radius 3 is 2.62 bits per heavy atom. The number of rotatable bonds is 2. The van der Waals surface area contributed by atoms with Gasteiger partial charge in [0.15, 0.2) is 0 Å². The Morgan fingerprint density at radius 2 is 2.23 bits per heavy atom. The molecule has 1 aliphatic rings. The normalized spacial score (nSPS) is 39.8. The summed E-state index contributed by atoms with van der Waals surface area (Å²) in [6, 6.07) is 0. The molecule has 3 atom stereocenters. The molecule has 0 amide bonds. The third kappa shape index (κ3) is 1.56. The maximum atomic E-state index is 11.2. The molecule has 3 unspecified atom stereocenters. The summed E-state index contributed by atoms with van der Waals surface area (Å²) in [7, 11) is 0. The molecule has 1 heteroatoms. The zero-order valence-corrected chi connectivity index (χ0v) is 9.13. The molecule has 0 bridgehead atoms. The van der Waals surface area contributed by atoms with E-state index >= 15 is 0 Å². The van der Waals surface area contributed by atoms with Crippen molar-refractivity contribution in [3.63, 3.8) is 0 Å². The molecule has 0 saturated heterocycles. The van der Waals surface area contributed by atoms with Gasteiger partial charge >= 0.3 is 0 Å². The summed E-state index contributed by atoms with van der Waals surface area (Å²) >= 11 is 0. The summed E-state index contributed by atoms with van der Waals surface area (Å²) in [6.07, 6.45) is 5.49. The minimum atomic E-state index is -0.0977. The van der Waals surface area contributed by atoms with Crippen molar-refractivity contribution in [1.29, 1.82) is 0 Å². The van der Waals surface area contributed by atoms with E-state index in [1.54, 1.807) is 0 Å². The van der Waals surface area contributed by atoms with Crippen LogP contribution >= 0.6 is 0 Å². The molecular weight excluding hydrogens is 160 g/mol. The third-order valence-corrected chi connectivity index (χ3v) is 3.76. The van der Waals surface area contributed by atoms with Crippen LogP contribution in [0.5, 0.6) is 0 Å². The Hall–Kier alpha value is -0.590. The van der Waals surface area contributed by atoms with E-state index in [-0.39, 0.29) is 5.41 Å². The highest BCUT2D eigenvalue weighted by Gasteiger charge is 2.40. The number of carbonyl (C=O) groups is 1. The van der Waals surface area contributed by atoms with Crippen molar-refractivity contribution in [2.45, 2.75) is 40.5 Å². The summed E-state index contributed by atoms with van der Waals surface area (Å²) in [5.74, 6) is 0.897. The first-order valence-corrected chi connectivity index (χ1v) is 5.20. The van der Waals surface area contributed by atoms with Gasteiger partial charge in [-0.1, -0.05) is 32.4 Å². The van der Waals surface area contributed by atoms with E-state index in [2.05, 4.69) is 33.8 Å². The van der Waals surface area contributed by atoms with Crippen LogP contribution in [-0.4, -0.2) is 6.29 Å². The van der Waals surface area contributed by atoms with Crippen LogP contribution in [0.3, 0.4) is 0 Å². The molecule has 13 heavy (non-hydrogen) atoms. The van der Waals surface area contributed by atoms with Gasteiger partial charge in [-0.15, -0.1) is 0 Å². The molecular formula is C12H20O. The highest BCUT2D eigenvalue weighted by atomic mass is 16.1. The number of aldehydes is 1. The maximum absolute atomic E-state index is 11.2. The number of carbonyl (C=O) groups excluding carboxylic acids is 1. The van der Waals surface area contributed by atoms with Crippen molar-refractivity contribution in [3.8, 4) is 0 Å². The van der Waals surface area contributed by atoms with Crippen LogP contribution in [-0.2, 0) is 4.79 Å². The molecule has 0 aromatic carbocycles. The van der Waals surface area contributed by atoms with Crippen LogP contribution in [0, 0.1) is 17.3 Å². The number of allylic oxidation sites excluding steroid dienone is 2. The Kier molecular flexibility index (Phi) is 2.94. The van der Waals surface area contributed by atoms with Gasteiger partial charge in [-0.2, -0.15) is 0 Å². The van der Waals surface area contributed by atoms with E-state index in [1.807, 2.05) is 0 Å². The van der Waals surface area contributed by atoms with Gasteiger partial charge in [0.05, 0.1) is 0 Å². The van der Waals surface area contributed by atoms with E-state index in [0.717, 1.165) is 12.8 Å². The smallest absolute Gasteiger partial charge is 0.126 e. The molecule has 0 heterocycles. The van der Waals surface area contributed by atoms with Crippen molar-refractivity contribution < 1.29 is 4.79 Å². The number of hydrogen-bond donors (Lipinski definition) is 0. The lowest BCUT2D eigenvalue weighted by atomic mass is 9.62. The van der Waals surface area contributed by atoms with Gasteiger partial charge in [0.1, 0.15) is 6.29 Å². The molecule has 1 rings (SSSR count). The van der Waals surface area contributed by atoms with Crippen molar-refractivity contribution in [3.05, 3.63) is 11.6 Å². The van der Waals surface area contributed by atoms with Crippen molar-refractivity contribution in [2.75, 3.05) is 0 Å². The molecule has 0 aromatic rings. The van der Waals surface area contributed by atoms with Crippen LogP contribution in [0.25, 0.3) is 0 Å². The molecule has 0 fully saturated rings. The topological polar surface area (TPSA) is 17.1 Å². The van der Waals surface area contributed by atoms with Gasteiger partial charge in [-0.3, -0.25) is 0 Å². The van der Waals surface area contributed by atoms with Crippen molar-refractivity contribution >= 4 is 6.29 Å². The van der Waals surface area contributed by atoms with E-state index in [1.165, 1.54) is 11.9 Å². The Balaban J connectivity index is 3.02. The quantitative estimate of drug-likeness (QED) is 0.471. The first kappa shape index (κ1) is 10.5. The van der Waals surface area contributed by atoms with Gasteiger partial charge in [0.2, 0.25) is 0 Å². The molecule has 74 valence electrons. The third-order valence-electron chi connectivity index (χ3n) is 3.76. The molecule has 1 nitrogen and oxygen atoms in total. The molecule has 0 spiro atoms. The fraction of sp³-hybridized carbons (Fsp3) is 0.750. The summed E-state index contributed by atoms with van der Waals surface area (Å²) < 4.78 is 0. The monoisotopic (exact) mass is 180 g/mol. The van der Waals surface area contributed by atoms with E-state index in [9.17, 15) is 4.79 Å². The second-order valence-electron chi connectivity index (χ2n) is 4.49. The second kappa shape index (κ2) is 3.65. The van der Waals surface area contributed by atoms with Crippen LogP contribution in [0.2, 0.25) is 0 Å². The summed E-state index contributed by atoms with van der Waals surface area (Å²) in [5, 5.41) is 0. The molecule has 0 aliphatic heterocycles. The first-order valence-electron chi connectivity index (χ1n) is 5.20. The van der Waals surface area contributed by atoms with Crippen LogP contribution in [0.4, 0.5) is 0 Å². The average molecular weight is 180 g/mol. The summed E-state index contributed by atoms with van der Waals surface area (Å²) in [6.45, 7) is 8.65. The van der Waals surface area contributed by atoms with Gasteiger partial charge in [-0.05, 0) is 31.6 Å². The van der Waals surface area contributed by atoms with E-state index in [4.69, 9.17) is 0 Å². The molecule has 0 aromatic heterocycles. The highest BCUT2D eigenvalue weighted by molar-refractivity contribution is 5.61. The summed E-state index contributed by atoms with van der Waals surface area (Å²) in [4.78, 5) is 11.2. The van der Waals surface area contributed by atoms with Gasteiger partial charge in [0, 0.05) is 5.41 Å². The lowest BCUT2D eigenvalue weighted by Crippen LogP contribution is -2.38. The Bertz CT molecular complexity index is 229. The minimum Gasteiger partial charge on any atom is -0.303 e. The lowest BCUT2D eigenvalue weighted by molar-refractivity contribution is -0.121. The predicted octanol–water partition coefficient (Wildman–Crippen LogP) is 3.20. The SMILES string of the molecule is CCC1(C=O)C(C)C=C(C)CC1C. The molecule has 0 N–H and O–H groups in total. The molecule has 1 aliphatic carbocycles. The van der Waals surface area contributed by atoms with E-state index < -0.39 is 0 Å². The second-order valence-corrected chi connectivity index (χ2v) is 4.49. The van der Waals surface area contributed by atoms with Crippen molar-refractivity contribution in [2.24, 2.45) is 17.3 Å². The maximum Gasteiger partial charge on any atom is 0.126 e. The average Bonchev–Trinajstić information content (AvgIpc) is 2.05. The van der Waals surface area contributed by atoms with Crippen LogP contribution in [0.15, 0.2) is 11.6 Å². The minimum absolute atomic E-state index is 0.0977. The standard InChI is InChI=1S/C12H20O/c1-5-12(8-13)10(3)6-9(2)7-11(12)4/h6,8,10-11H,5,7H2,1-4H3. The zero-order valence-electron chi connectivity index (χ0n) is 9.13. The summed E-state index contributed by atoms with van der Waals surface area (Å²) in [5.41, 5.74) is 1.34. The Labute approximate surface area is 81.2 Å². The van der Waals surface area contributed by atoms with E-state index in [0.29, 0.717) is 11.8 Å². The van der Waals surface area contributed by atoms with Gasteiger partial charge < -0.3 is 4.79 Å². The predicted molar refractivity (Wildman–Crippen MR) is 55.5 cm³/mol. The van der Waals surface area contributed by atoms with Crippen molar-refractivity contribution in [1.82, 2.24) is 0 Å². The Morgan fingerprint density at radius 1 is 1.62 bits per heavy atom. The fourth-order valence-corrected chi connectivity index (χ4v) is 2.75. The zero-order chi connectivity index (χ0) is 10.1. The number of hydrogen-bond acceptors (Lipinski definition) is 1. The van der Waals surface area contributed by atoms with Crippen LogP contribution in [0.1, 0.15) is 40.5 Å². The lowest BCUT2D eigenvalue weighted by Gasteiger charge is -2.41. The first-order chi connectivity index (χ1) is 6.06. The largest absolute Gasteiger partial charge is 0.303 e. The highest BCUT2D eigenvalue weighted by Crippen LogP contribution is 2.44.